The molecule has 5 nitrogen and oxygen atoms in total. The van der Waals surface area contributed by atoms with Crippen molar-refractivity contribution in [2.75, 3.05) is 13.1 Å². The Labute approximate surface area is 105 Å². The molecule has 18 heavy (non-hydrogen) atoms. The van der Waals surface area contributed by atoms with Gasteiger partial charge in [0.25, 0.3) is 5.91 Å². The Morgan fingerprint density at radius 3 is 3.00 bits per heavy atom. The number of aromatic nitrogens is 2. The molecule has 5 heteroatoms. The van der Waals surface area contributed by atoms with Crippen LogP contribution in [0.2, 0.25) is 0 Å². The summed E-state index contributed by atoms with van der Waals surface area (Å²) >= 11 is 0. The van der Waals surface area contributed by atoms with Gasteiger partial charge in [-0.05, 0) is 6.07 Å². The molecule has 0 radical (unpaired) electrons. The quantitative estimate of drug-likeness (QED) is 0.782. The maximum absolute atomic E-state index is 12.0. The number of carbonyl (C=O) groups excluding carboxylic acids is 1. The van der Waals surface area contributed by atoms with E-state index in [1.807, 2.05) is 37.4 Å². The van der Waals surface area contributed by atoms with Crippen LogP contribution in [0.3, 0.4) is 0 Å². The van der Waals surface area contributed by atoms with Crippen LogP contribution in [0.5, 0.6) is 0 Å². The van der Waals surface area contributed by atoms with Gasteiger partial charge in [-0.1, -0.05) is 30.4 Å². The minimum Gasteiger partial charge on any atom is -0.347 e. The Kier molecular flexibility index (Phi) is 3.74. The zero-order valence-corrected chi connectivity index (χ0v) is 10.3. The fourth-order valence-corrected chi connectivity index (χ4v) is 1.80. The molecule has 0 saturated heterocycles. The monoisotopic (exact) mass is 244 g/mol. The van der Waals surface area contributed by atoms with Gasteiger partial charge in [-0.2, -0.15) is 5.10 Å². The van der Waals surface area contributed by atoms with Crippen LogP contribution in [0, 0.1) is 0 Å². The van der Waals surface area contributed by atoms with Crippen molar-refractivity contribution in [3.05, 3.63) is 42.1 Å². The number of nitrogens with zero attached hydrogens (tertiary/aromatic N) is 2. The van der Waals surface area contributed by atoms with E-state index in [2.05, 4.69) is 10.4 Å². The number of para-hydroxylation sites is 1. The van der Waals surface area contributed by atoms with Crippen LogP contribution in [-0.4, -0.2) is 28.8 Å². The third kappa shape index (κ3) is 2.41. The average Bonchev–Trinajstić information content (AvgIpc) is 2.73. The lowest BCUT2D eigenvalue weighted by atomic mass is 10.2. The van der Waals surface area contributed by atoms with Crippen LogP contribution >= 0.6 is 0 Å². The average molecular weight is 244 g/mol. The molecule has 0 atom stereocenters. The summed E-state index contributed by atoms with van der Waals surface area (Å²) < 4.78 is 1.71. The van der Waals surface area contributed by atoms with E-state index in [4.69, 9.17) is 5.73 Å². The molecular formula is C13H16N4O. The standard InChI is InChI=1S/C13H16N4O/c1-17-11-7-3-2-6-10(11)12(16-17)13(18)15-9-5-4-8-14/h2-7H,8-9,14H2,1H3,(H,15,18)/b5-4+. The van der Waals surface area contributed by atoms with Crippen molar-refractivity contribution >= 4 is 16.8 Å². The molecule has 3 N–H and O–H groups in total. The molecule has 0 unspecified atom stereocenters. The van der Waals surface area contributed by atoms with Gasteiger partial charge in [0.15, 0.2) is 5.69 Å². The van der Waals surface area contributed by atoms with Crippen molar-refractivity contribution in [2.45, 2.75) is 0 Å². The Hall–Kier alpha value is -2.14. The molecule has 1 aromatic carbocycles. The summed E-state index contributed by atoms with van der Waals surface area (Å²) in [6.45, 7) is 0.934. The van der Waals surface area contributed by atoms with Gasteiger partial charge in [0, 0.05) is 25.5 Å². The SMILES string of the molecule is Cn1nc(C(=O)NC/C=C/CN)c2ccccc21. The Morgan fingerprint density at radius 2 is 2.22 bits per heavy atom. The van der Waals surface area contributed by atoms with Gasteiger partial charge in [0.2, 0.25) is 0 Å². The number of hydrogen-bond acceptors (Lipinski definition) is 3. The molecule has 94 valence electrons. The third-order valence-electron chi connectivity index (χ3n) is 2.66. The summed E-state index contributed by atoms with van der Waals surface area (Å²) in [5.41, 5.74) is 6.72. The van der Waals surface area contributed by atoms with Crippen molar-refractivity contribution in [2.24, 2.45) is 12.8 Å². The highest BCUT2D eigenvalue weighted by Crippen LogP contribution is 2.16. The van der Waals surface area contributed by atoms with Gasteiger partial charge in [-0.3, -0.25) is 9.48 Å². The molecular weight excluding hydrogens is 228 g/mol. The molecule has 1 heterocycles. The van der Waals surface area contributed by atoms with Gasteiger partial charge in [0.05, 0.1) is 5.52 Å². The Balaban J connectivity index is 2.20. The Bertz CT molecular complexity index is 586. The van der Waals surface area contributed by atoms with Gasteiger partial charge >= 0.3 is 0 Å². The van der Waals surface area contributed by atoms with E-state index in [1.165, 1.54) is 0 Å². The van der Waals surface area contributed by atoms with Crippen molar-refractivity contribution < 1.29 is 4.79 Å². The first-order chi connectivity index (χ1) is 8.74. The van der Waals surface area contributed by atoms with Crippen molar-refractivity contribution in [3.8, 4) is 0 Å². The maximum atomic E-state index is 12.0. The number of nitrogens with two attached hydrogens (primary N) is 1. The minimum atomic E-state index is -0.173. The van der Waals surface area contributed by atoms with Crippen LogP contribution < -0.4 is 11.1 Å². The highest BCUT2D eigenvalue weighted by atomic mass is 16.1. The number of amides is 1. The number of nitrogens with one attached hydrogen (secondary N) is 1. The summed E-state index contributed by atoms with van der Waals surface area (Å²) in [7, 11) is 1.83. The summed E-state index contributed by atoms with van der Waals surface area (Å²) in [6.07, 6.45) is 3.62. The third-order valence-corrected chi connectivity index (χ3v) is 2.66. The molecule has 2 rings (SSSR count). The lowest BCUT2D eigenvalue weighted by Gasteiger charge is -1.98. The second-order valence-corrected chi connectivity index (χ2v) is 3.91. The van der Waals surface area contributed by atoms with E-state index in [0.29, 0.717) is 18.8 Å². The van der Waals surface area contributed by atoms with Crippen LogP contribution in [0.1, 0.15) is 10.5 Å². The molecule has 0 bridgehead atoms. The molecule has 0 aliphatic heterocycles. The van der Waals surface area contributed by atoms with Crippen molar-refractivity contribution in [3.63, 3.8) is 0 Å². The van der Waals surface area contributed by atoms with E-state index in [0.717, 1.165) is 10.9 Å². The van der Waals surface area contributed by atoms with E-state index < -0.39 is 0 Å². The predicted molar refractivity (Wildman–Crippen MR) is 71.2 cm³/mol. The number of rotatable bonds is 4. The molecule has 0 aliphatic rings. The van der Waals surface area contributed by atoms with E-state index >= 15 is 0 Å². The van der Waals surface area contributed by atoms with Crippen LogP contribution in [0.4, 0.5) is 0 Å². The number of benzene rings is 1. The number of carbonyl (C=O) groups is 1. The van der Waals surface area contributed by atoms with Gasteiger partial charge in [-0.15, -0.1) is 0 Å². The molecule has 1 amide bonds. The second kappa shape index (κ2) is 5.46. The van der Waals surface area contributed by atoms with Gasteiger partial charge < -0.3 is 11.1 Å². The normalized spacial score (nSPS) is 11.2. The summed E-state index contributed by atoms with van der Waals surface area (Å²) in [6, 6.07) is 7.66. The molecule has 2 aromatic rings. The fourth-order valence-electron chi connectivity index (χ4n) is 1.80. The maximum Gasteiger partial charge on any atom is 0.272 e. The zero-order valence-electron chi connectivity index (χ0n) is 10.3. The van der Waals surface area contributed by atoms with Gasteiger partial charge in [0.1, 0.15) is 0 Å². The minimum absolute atomic E-state index is 0.173. The van der Waals surface area contributed by atoms with Gasteiger partial charge in [-0.25, -0.2) is 0 Å². The molecule has 0 aliphatic carbocycles. The highest BCUT2D eigenvalue weighted by molar-refractivity contribution is 6.04. The summed E-state index contributed by atoms with van der Waals surface area (Å²) in [4.78, 5) is 12.0. The first kappa shape index (κ1) is 12.3. The fraction of sp³-hybridized carbons (Fsp3) is 0.231. The van der Waals surface area contributed by atoms with Crippen LogP contribution in [0.15, 0.2) is 36.4 Å². The molecule has 1 aromatic heterocycles. The first-order valence-electron chi connectivity index (χ1n) is 5.79. The summed E-state index contributed by atoms with van der Waals surface area (Å²) in [5, 5.41) is 7.89. The molecule has 0 fully saturated rings. The van der Waals surface area contributed by atoms with Crippen molar-refractivity contribution in [1.29, 1.82) is 0 Å². The topological polar surface area (TPSA) is 72.9 Å². The molecule has 0 spiro atoms. The second-order valence-electron chi connectivity index (χ2n) is 3.91. The number of hydrogen-bond donors (Lipinski definition) is 2. The predicted octanol–water partition coefficient (Wildman–Crippen LogP) is 0.818. The highest BCUT2D eigenvalue weighted by Gasteiger charge is 2.14. The number of aryl methyl sites for hydroxylation is 1. The Morgan fingerprint density at radius 1 is 1.44 bits per heavy atom. The molecule has 0 saturated carbocycles. The number of fused-ring (bicyclic) bond motifs is 1. The smallest absolute Gasteiger partial charge is 0.272 e. The summed E-state index contributed by atoms with van der Waals surface area (Å²) in [5.74, 6) is -0.173. The van der Waals surface area contributed by atoms with E-state index in [-0.39, 0.29) is 5.91 Å². The largest absolute Gasteiger partial charge is 0.347 e. The van der Waals surface area contributed by atoms with E-state index in [1.54, 1.807) is 10.8 Å². The van der Waals surface area contributed by atoms with E-state index in [9.17, 15) is 4.79 Å². The van der Waals surface area contributed by atoms with Crippen molar-refractivity contribution in [1.82, 2.24) is 15.1 Å². The zero-order chi connectivity index (χ0) is 13.0. The van der Waals surface area contributed by atoms with Crippen LogP contribution in [0.25, 0.3) is 10.9 Å². The lowest BCUT2D eigenvalue weighted by Crippen LogP contribution is -2.24. The first-order valence-corrected chi connectivity index (χ1v) is 5.79. The lowest BCUT2D eigenvalue weighted by molar-refractivity contribution is 0.0954. The van der Waals surface area contributed by atoms with Crippen LogP contribution in [-0.2, 0) is 7.05 Å².